The highest BCUT2D eigenvalue weighted by atomic mass is 16.5. The molecule has 0 aromatic carbocycles. The maximum atomic E-state index is 5.37. The fourth-order valence-electron chi connectivity index (χ4n) is 1.63. The summed E-state index contributed by atoms with van der Waals surface area (Å²) in [6.07, 6.45) is 3.63. The smallest absolute Gasteiger partial charge is 0.0998 e. The van der Waals surface area contributed by atoms with Crippen LogP contribution in [0.2, 0.25) is 0 Å². The van der Waals surface area contributed by atoms with Gasteiger partial charge in [0.2, 0.25) is 0 Å². The molecular formula is C10H14N2O. The summed E-state index contributed by atoms with van der Waals surface area (Å²) in [6.45, 7) is 4.06. The van der Waals surface area contributed by atoms with Gasteiger partial charge in [-0.3, -0.25) is 4.98 Å². The Morgan fingerprint density at radius 1 is 1.38 bits per heavy atom. The van der Waals surface area contributed by atoms with Crippen molar-refractivity contribution < 1.29 is 4.74 Å². The first kappa shape index (κ1) is 8.51. The van der Waals surface area contributed by atoms with Gasteiger partial charge in [-0.1, -0.05) is 0 Å². The third kappa shape index (κ3) is 1.52. The molecule has 13 heavy (non-hydrogen) atoms. The number of anilines is 1. The number of rotatable bonds is 2. The molecule has 2 rings (SSSR count). The minimum Gasteiger partial charge on any atom is -0.375 e. The third-order valence-corrected chi connectivity index (χ3v) is 2.57. The van der Waals surface area contributed by atoms with Crippen LogP contribution in [0.15, 0.2) is 24.5 Å². The molecular weight excluding hydrogens is 164 g/mol. The number of ether oxygens (including phenoxy) is 1. The van der Waals surface area contributed by atoms with Gasteiger partial charge in [-0.15, -0.1) is 0 Å². The second-order valence-corrected chi connectivity index (χ2v) is 3.72. The van der Waals surface area contributed by atoms with E-state index < -0.39 is 0 Å². The number of nitrogens with zero attached hydrogens (tertiary/aromatic N) is 2. The molecule has 0 radical (unpaired) electrons. The van der Waals surface area contributed by atoms with Crippen LogP contribution in [-0.2, 0) is 4.74 Å². The monoisotopic (exact) mass is 178 g/mol. The van der Waals surface area contributed by atoms with E-state index in [4.69, 9.17) is 4.74 Å². The van der Waals surface area contributed by atoms with Gasteiger partial charge in [-0.05, 0) is 19.1 Å². The molecule has 0 saturated carbocycles. The molecule has 0 atom stereocenters. The molecule has 70 valence electrons. The van der Waals surface area contributed by atoms with E-state index in [9.17, 15) is 0 Å². The van der Waals surface area contributed by atoms with Crippen molar-refractivity contribution in [2.45, 2.75) is 12.5 Å². The van der Waals surface area contributed by atoms with Crippen LogP contribution in [0, 0.1) is 0 Å². The maximum absolute atomic E-state index is 5.37. The summed E-state index contributed by atoms with van der Waals surface area (Å²) in [5, 5.41) is 0. The number of hydrogen-bond donors (Lipinski definition) is 0. The molecule has 1 fully saturated rings. The predicted octanol–water partition coefficient (Wildman–Crippen LogP) is 1.31. The predicted molar refractivity (Wildman–Crippen MR) is 51.9 cm³/mol. The number of hydrogen-bond acceptors (Lipinski definition) is 3. The van der Waals surface area contributed by atoms with Gasteiger partial charge >= 0.3 is 0 Å². The molecule has 1 aliphatic heterocycles. The van der Waals surface area contributed by atoms with E-state index in [2.05, 4.69) is 16.8 Å². The topological polar surface area (TPSA) is 25.4 Å². The molecule has 1 aromatic rings. The SMILES string of the molecule is COC1(C)CN(c2ccncc2)C1. The first-order valence-electron chi connectivity index (χ1n) is 4.44. The van der Waals surface area contributed by atoms with Gasteiger partial charge in [-0.2, -0.15) is 0 Å². The lowest BCUT2D eigenvalue weighted by atomic mass is 9.96. The summed E-state index contributed by atoms with van der Waals surface area (Å²) < 4.78 is 5.37. The summed E-state index contributed by atoms with van der Waals surface area (Å²) in [4.78, 5) is 6.27. The highest BCUT2D eigenvalue weighted by molar-refractivity contribution is 5.48. The first-order chi connectivity index (χ1) is 6.23. The van der Waals surface area contributed by atoms with Crippen molar-refractivity contribution in [3.05, 3.63) is 24.5 Å². The van der Waals surface area contributed by atoms with Gasteiger partial charge in [0.15, 0.2) is 0 Å². The lowest BCUT2D eigenvalue weighted by Gasteiger charge is -2.48. The summed E-state index contributed by atoms with van der Waals surface area (Å²) >= 11 is 0. The Labute approximate surface area is 78.3 Å². The van der Waals surface area contributed by atoms with Gasteiger partial charge in [0.25, 0.3) is 0 Å². The lowest BCUT2D eigenvalue weighted by Crippen LogP contribution is -2.61. The van der Waals surface area contributed by atoms with E-state index in [1.807, 2.05) is 24.5 Å². The summed E-state index contributed by atoms with van der Waals surface area (Å²) in [5.41, 5.74) is 1.27. The highest BCUT2D eigenvalue weighted by Gasteiger charge is 2.38. The van der Waals surface area contributed by atoms with Gasteiger partial charge < -0.3 is 9.64 Å². The number of methoxy groups -OCH3 is 1. The molecule has 1 saturated heterocycles. The Morgan fingerprint density at radius 3 is 2.54 bits per heavy atom. The van der Waals surface area contributed by atoms with E-state index in [0.717, 1.165) is 13.1 Å². The second kappa shape index (κ2) is 3.00. The molecule has 1 aromatic heterocycles. The Bertz CT molecular complexity index is 280. The second-order valence-electron chi connectivity index (χ2n) is 3.72. The van der Waals surface area contributed by atoms with Crippen LogP contribution < -0.4 is 4.90 Å². The fraction of sp³-hybridized carbons (Fsp3) is 0.500. The van der Waals surface area contributed by atoms with Crippen LogP contribution in [0.3, 0.4) is 0 Å². The summed E-state index contributed by atoms with van der Waals surface area (Å²) in [6, 6.07) is 4.05. The summed E-state index contributed by atoms with van der Waals surface area (Å²) in [7, 11) is 1.77. The van der Waals surface area contributed by atoms with Crippen LogP contribution in [0.4, 0.5) is 5.69 Å². The van der Waals surface area contributed by atoms with Crippen LogP contribution >= 0.6 is 0 Å². The molecule has 0 aliphatic carbocycles. The van der Waals surface area contributed by atoms with E-state index in [1.54, 1.807) is 7.11 Å². The fourth-order valence-corrected chi connectivity index (χ4v) is 1.63. The zero-order valence-corrected chi connectivity index (χ0v) is 8.03. The van der Waals surface area contributed by atoms with Crippen molar-refractivity contribution in [1.82, 2.24) is 4.98 Å². The molecule has 0 amide bonds. The van der Waals surface area contributed by atoms with Gasteiger partial charge in [0, 0.05) is 38.3 Å². The first-order valence-corrected chi connectivity index (χ1v) is 4.44. The third-order valence-electron chi connectivity index (χ3n) is 2.57. The van der Waals surface area contributed by atoms with E-state index >= 15 is 0 Å². The highest BCUT2D eigenvalue weighted by Crippen LogP contribution is 2.28. The van der Waals surface area contributed by atoms with Crippen molar-refractivity contribution in [3.63, 3.8) is 0 Å². The van der Waals surface area contributed by atoms with Crippen molar-refractivity contribution in [2.75, 3.05) is 25.1 Å². The van der Waals surface area contributed by atoms with E-state index in [1.165, 1.54) is 5.69 Å². The normalized spacial score (nSPS) is 19.7. The largest absolute Gasteiger partial charge is 0.375 e. The Morgan fingerprint density at radius 2 is 2.00 bits per heavy atom. The van der Waals surface area contributed by atoms with E-state index in [0.29, 0.717) is 0 Å². The minimum atomic E-state index is 0.0449. The molecule has 0 unspecified atom stereocenters. The Hall–Kier alpha value is -1.09. The van der Waals surface area contributed by atoms with Crippen LogP contribution in [-0.4, -0.2) is 30.8 Å². The average molecular weight is 178 g/mol. The molecule has 3 nitrogen and oxygen atoms in total. The zero-order chi connectivity index (χ0) is 9.31. The molecule has 2 heterocycles. The van der Waals surface area contributed by atoms with Gasteiger partial charge in [0.05, 0.1) is 5.60 Å². The van der Waals surface area contributed by atoms with Gasteiger partial charge in [-0.25, -0.2) is 0 Å². The molecule has 0 bridgehead atoms. The van der Waals surface area contributed by atoms with E-state index in [-0.39, 0.29) is 5.60 Å². The van der Waals surface area contributed by atoms with Crippen LogP contribution in [0.1, 0.15) is 6.92 Å². The summed E-state index contributed by atoms with van der Waals surface area (Å²) in [5.74, 6) is 0. The van der Waals surface area contributed by atoms with Gasteiger partial charge in [0.1, 0.15) is 0 Å². The lowest BCUT2D eigenvalue weighted by molar-refractivity contribution is -0.0167. The Balaban J connectivity index is 2.01. The van der Waals surface area contributed by atoms with Crippen molar-refractivity contribution in [1.29, 1.82) is 0 Å². The quantitative estimate of drug-likeness (QED) is 0.682. The standard InChI is InChI=1S/C10H14N2O/c1-10(13-2)7-12(8-10)9-3-5-11-6-4-9/h3-6H,7-8H2,1-2H3. The van der Waals surface area contributed by atoms with Crippen molar-refractivity contribution in [2.24, 2.45) is 0 Å². The maximum Gasteiger partial charge on any atom is 0.0998 e. The Kier molecular flexibility index (Phi) is 1.96. The molecule has 1 aliphatic rings. The molecule has 3 heteroatoms. The molecule has 0 N–H and O–H groups in total. The number of pyridine rings is 1. The van der Waals surface area contributed by atoms with Crippen molar-refractivity contribution >= 4 is 5.69 Å². The van der Waals surface area contributed by atoms with Crippen molar-refractivity contribution in [3.8, 4) is 0 Å². The average Bonchev–Trinajstić information content (AvgIpc) is 2.14. The minimum absolute atomic E-state index is 0.0449. The zero-order valence-electron chi connectivity index (χ0n) is 8.03. The molecule has 0 spiro atoms. The number of aromatic nitrogens is 1. The van der Waals surface area contributed by atoms with Crippen LogP contribution in [0.25, 0.3) is 0 Å². The van der Waals surface area contributed by atoms with Crippen LogP contribution in [0.5, 0.6) is 0 Å².